The van der Waals surface area contributed by atoms with E-state index in [1.165, 1.54) is 0 Å². The maximum atomic E-state index is 12.2. The van der Waals surface area contributed by atoms with Crippen LogP contribution in [-0.2, 0) is 4.79 Å². The van der Waals surface area contributed by atoms with Crippen molar-refractivity contribution >= 4 is 5.91 Å². The molecule has 0 bridgehead atoms. The molecule has 3 atom stereocenters. The third-order valence-electron chi connectivity index (χ3n) is 3.76. The normalized spacial score (nSPS) is 26.7. The van der Waals surface area contributed by atoms with Crippen LogP contribution in [0.2, 0.25) is 0 Å². The van der Waals surface area contributed by atoms with Crippen LogP contribution in [0, 0.1) is 11.3 Å². The quantitative estimate of drug-likeness (QED) is 0.710. The Bertz CT molecular complexity index is 273. The van der Waals surface area contributed by atoms with E-state index in [0.29, 0.717) is 12.3 Å². The second-order valence-corrected chi connectivity index (χ2v) is 6.58. The molecule has 18 heavy (non-hydrogen) atoms. The van der Waals surface area contributed by atoms with Crippen LogP contribution in [0.4, 0.5) is 0 Å². The number of piperidine rings is 1. The number of rotatable bonds is 4. The number of carbonyl (C=O) groups is 1. The molecular weight excluding hydrogens is 228 g/mol. The first kappa shape index (κ1) is 15.4. The lowest BCUT2D eigenvalue weighted by Gasteiger charge is -2.34. The number of nitrogens with one attached hydrogen (secondary N) is 2. The van der Waals surface area contributed by atoms with Crippen molar-refractivity contribution in [1.29, 1.82) is 0 Å². The molecule has 1 aliphatic rings. The van der Waals surface area contributed by atoms with Crippen molar-refractivity contribution in [3.8, 4) is 0 Å². The molecule has 0 radical (unpaired) electrons. The van der Waals surface area contributed by atoms with Gasteiger partial charge in [-0.05, 0) is 37.1 Å². The Kier molecular flexibility index (Phi) is 5.60. The zero-order valence-electron chi connectivity index (χ0n) is 12.1. The molecule has 1 rings (SSSR count). The molecule has 0 spiro atoms. The minimum absolute atomic E-state index is 0.0223. The maximum Gasteiger partial charge on any atom is 0.237 e. The SMILES string of the molecule is CC1CCNC(C(=O)NC(CCO)C(C)(C)C)C1. The van der Waals surface area contributed by atoms with Crippen molar-refractivity contribution in [2.45, 2.75) is 59.0 Å². The molecule has 0 saturated carbocycles. The van der Waals surface area contributed by atoms with Crippen LogP contribution in [0.25, 0.3) is 0 Å². The number of aliphatic hydroxyl groups is 1. The molecule has 0 aromatic carbocycles. The highest BCUT2D eigenvalue weighted by Crippen LogP contribution is 2.22. The Labute approximate surface area is 111 Å². The lowest BCUT2D eigenvalue weighted by atomic mass is 9.84. The zero-order valence-corrected chi connectivity index (χ0v) is 12.1. The van der Waals surface area contributed by atoms with Gasteiger partial charge in [0.2, 0.25) is 5.91 Å². The highest BCUT2D eigenvalue weighted by atomic mass is 16.3. The van der Waals surface area contributed by atoms with Gasteiger partial charge in [0.05, 0.1) is 6.04 Å². The second-order valence-electron chi connectivity index (χ2n) is 6.58. The smallest absolute Gasteiger partial charge is 0.237 e. The summed E-state index contributed by atoms with van der Waals surface area (Å²) in [6.07, 6.45) is 2.66. The van der Waals surface area contributed by atoms with Crippen LogP contribution < -0.4 is 10.6 Å². The lowest BCUT2D eigenvalue weighted by Crippen LogP contribution is -2.53. The molecule has 3 unspecified atom stereocenters. The summed E-state index contributed by atoms with van der Waals surface area (Å²) < 4.78 is 0. The average molecular weight is 256 g/mol. The summed E-state index contributed by atoms with van der Waals surface area (Å²) in [4.78, 5) is 12.2. The van der Waals surface area contributed by atoms with E-state index >= 15 is 0 Å². The van der Waals surface area contributed by atoms with E-state index in [0.717, 1.165) is 19.4 Å². The highest BCUT2D eigenvalue weighted by molar-refractivity contribution is 5.82. The predicted octanol–water partition coefficient (Wildman–Crippen LogP) is 1.29. The van der Waals surface area contributed by atoms with E-state index in [1.807, 2.05) is 0 Å². The molecule has 4 heteroatoms. The third kappa shape index (κ3) is 4.58. The fraction of sp³-hybridized carbons (Fsp3) is 0.929. The fourth-order valence-electron chi connectivity index (χ4n) is 2.43. The van der Waals surface area contributed by atoms with Gasteiger partial charge in [0.25, 0.3) is 0 Å². The summed E-state index contributed by atoms with van der Waals surface area (Å²) in [7, 11) is 0. The largest absolute Gasteiger partial charge is 0.396 e. The van der Waals surface area contributed by atoms with Crippen molar-refractivity contribution in [3.05, 3.63) is 0 Å². The molecule has 0 aromatic heterocycles. The van der Waals surface area contributed by atoms with Gasteiger partial charge in [0.1, 0.15) is 0 Å². The van der Waals surface area contributed by atoms with E-state index < -0.39 is 0 Å². The Hall–Kier alpha value is -0.610. The number of carbonyl (C=O) groups excluding carboxylic acids is 1. The molecule has 0 aliphatic carbocycles. The van der Waals surface area contributed by atoms with Crippen molar-refractivity contribution in [1.82, 2.24) is 10.6 Å². The van der Waals surface area contributed by atoms with Crippen molar-refractivity contribution < 1.29 is 9.90 Å². The monoisotopic (exact) mass is 256 g/mol. The van der Waals surface area contributed by atoms with E-state index in [-0.39, 0.29) is 30.0 Å². The summed E-state index contributed by atoms with van der Waals surface area (Å²) in [5.74, 6) is 0.683. The topological polar surface area (TPSA) is 61.4 Å². The van der Waals surface area contributed by atoms with Gasteiger partial charge in [0.15, 0.2) is 0 Å². The molecule has 4 nitrogen and oxygen atoms in total. The van der Waals surface area contributed by atoms with E-state index in [4.69, 9.17) is 5.11 Å². The van der Waals surface area contributed by atoms with Gasteiger partial charge in [-0.1, -0.05) is 27.7 Å². The Morgan fingerprint density at radius 3 is 2.67 bits per heavy atom. The van der Waals surface area contributed by atoms with Gasteiger partial charge in [-0.2, -0.15) is 0 Å². The van der Waals surface area contributed by atoms with Crippen molar-refractivity contribution in [3.63, 3.8) is 0 Å². The van der Waals surface area contributed by atoms with Crippen molar-refractivity contribution in [2.75, 3.05) is 13.2 Å². The van der Waals surface area contributed by atoms with Crippen molar-refractivity contribution in [2.24, 2.45) is 11.3 Å². The Morgan fingerprint density at radius 1 is 1.50 bits per heavy atom. The molecule has 1 fully saturated rings. The zero-order chi connectivity index (χ0) is 13.8. The number of amides is 1. The van der Waals surface area contributed by atoms with Gasteiger partial charge in [-0.3, -0.25) is 4.79 Å². The summed E-state index contributed by atoms with van der Waals surface area (Å²) in [6, 6.07) is -0.0497. The molecule has 0 aromatic rings. The van der Waals surface area contributed by atoms with Crippen LogP contribution in [0.15, 0.2) is 0 Å². The van der Waals surface area contributed by atoms with Gasteiger partial charge in [-0.25, -0.2) is 0 Å². The van der Waals surface area contributed by atoms with Crippen LogP contribution in [0.3, 0.4) is 0 Å². The number of aliphatic hydroxyl groups excluding tert-OH is 1. The lowest BCUT2D eigenvalue weighted by molar-refractivity contribution is -0.125. The Morgan fingerprint density at radius 2 is 2.17 bits per heavy atom. The number of hydrogen-bond acceptors (Lipinski definition) is 3. The molecule has 1 amide bonds. The minimum Gasteiger partial charge on any atom is -0.396 e. The van der Waals surface area contributed by atoms with Gasteiger partial charge >= 0.3 is 0 Å². The second kappa shape index (κ2) is 6.53. The minimum atomic E-state index is -0.0720. The van der Waals surface area contributed by atoms with E-state index in [1.54, 1.807) is 0 Å². The summed E-state index contributed by atoms with van der Waals surface area (Å²) >= 11 is 0. The van der Waals surface area contributed by atoms with Gasteiger partial charge < -0.3 is 15.7 Å². The van der Waals surface area contributed by atoms with Crippen LogP contribution in [-0.4, -0.2) is 36.2 Å². The van der Waals surface area contributed by atoms with Crippen LogP contribution in [0.5, 0.6) is 0 Å². The Balaban J connectivity index is 2.55. The predicted molar refractivity (Wildman–Crippen MR) is 73.3 cm³/mol. The van der Waals surface area contributed by atoms with Crippen LogP contribution in [0.1, 0.15) is 47.0 Å². The van der Waals surface area contributed by atoms with Crippen LogP contribution >= 0.6 is 0 Å². The van der Waals surface area contributed by atoms with E-state index in [2.05, 4.69) is 38.3 Å². The van der Waals surface area contributed by atoms with Gasteiger partial charge in [0, 0.05) is 12.6 Å². The third-order valence-corrected chi connectivity index (χ3v) is 3.76. The molecular formula is C14H28N2O2. The molecule has 1 heterocycles. The summed E-state index contributed by atoms with van der Waals surface area (Å²) in [5, 5.41) is 15.5. The molecule has 106 valence electrons. The summed E-state index contributed by atoms with van der Waals surface area (Å²) in [6.45, 7) is 9.48. The fourth-order valence-corrected chi connectivity index (χ4v) is 2.43. The molecule has 3 N–H and O–H groups in total. The first-order chi connectivity index (χ1) is 8.34. The molecule has 1 saturated heterocycles. The summed E-state index contributed by atoms with van der Waals surface area (Å²) in [5.41, 5.74) is -0.0291. The first-order valence-corrected chi connectivity index (χ1v) is 6.99. The van der Waals surface area contributed by atoms with Gasteiger partial charge in [-0.15, -0.1) is 0 Å². The first-order valence-electron chi connectivity index (χ1n) is 6.99. The maximum absolute atomic E-state index is 12.2. The number of hydrogen-bond donors (Lipinski definition) is 3. The average Bonchev–Trinajstić information content (AvgIpc) is 2.27. The molecule has 1 aliphatic heterocycles. The van der Waals surface area contributed by atoms with E-state index in [9.17, 15) is 4.79 Å². The highest BCUT2D eigenvalue weighted by Gasteiger charge is 2.30. The standard InChI is InChI=1S/C14H28N2O2/c1-10-5-7-15-11(9-10)13(18)16-12(6-8-17)14(2,3)4/h10-12,15,17H,5-9H2,1-4H3,(H,16,18).